The molecule has 0 aliphatic heterocycles. The van der Waals surface area contributed by atoms with Gasteiger partial charge in [0.2, 0.25) is 11.7 Å². The van der Waals surface area contributed by atoms with E-state index in [0.29, 0.717) is 29.5 Å². The van der Waals surface area contributed by atoms with Crippen LogP contribution in [0.25, 0.3) is 0 Å². The third kappa shape index (κ3) is 5.60. The molecule has 0 unspecified atom stereocenters. The van der Waals surface area contributed by atoms with Gasteiger partial charge in [0.05, 0.1) is 27.1 Å². The molecule has 0 bridgehead atoms. The molecule has 0 aliphatic rings. The second-order valence-corrected chi connectivity index (χ2v) is 6.28. The molecule has 0 fully saturated rings. The van der Waals surface area contributed by atoms with E-state index in [1.807, 2.05) is 30.3 Å². The van der Waals surface area contributed by atoms with Crippen molar-refractivity contribution in [1.82, 2.24) is 5.32 Å². The van der Waals surface area contributed by atoms with E-state index in [1.165, 1.54) is 17.3 Å². The molecule has 0 atom stereocenters. The minimum atomic E-state index is -0.00492. The standard InChI is InChI=1S/C19H23NO4S/c1-22-16-11-15(12-17(23-2)19(16)24-3)25-13-18(21)20-10-9-14-7-5-4-6-8-14/h4-8,11-12H,9-10,13H2,1-3H3,(H,20,21). The fourth-order valence-corrected chi connectivity index (χ4v) is 3.11. The Bertz CT molecular complexity index is 666. The molecule has 0 aromatic heterocycles. The van der Waals surface area contributed by atoms with Crippen molar-refractivity contribution in [2.24, 2.45) is 0 Å². The highest BCUT2D eigenvalue weighted by molar-refractivity contribution is 8.00. The molecule has 0 saturated heterocycles. The molecule has 134 valence electrons. The van der Waals surface area contributed by atoms with Gasteiger partial charge < -0.3 is 19.5 Å². The van der Waals surface area contributed by atoms with Crippen LogP contribution in [0.3, 0.4) is 0 Å². The predicted octanol–water partition coefficient (Wildman–Crippen LogP) is 3.16. The van der Waals surface area contributed by atoms with Crippen LogP contribution in [0.2, 0.25) is 0 Å². The summed E-state index contributed by atoms with van der Waals surface area (Å²) in [4.78, 5) is 12.9. The van der Waals surface area contributed by atoms with Crippen LogP contribution in [0.15, 0.2) is 47.4 Å². The molecule has 2 rings (SSSR count). The van der Waals surface area contributed by atoms with Gasteiger partial charge in [0.25, 0.3) is 0 Å². The number of amides is 1. The summed E-state index contributed by atoms with van der Waals surface area (Å²) in [6.45, 7) is 0.624. The van der Waals surface area contributed by atoms with Crippen LogP contribution in [-0.4, -0.2) is 39.5 Å². The molecule has 6 heteroatoms. The normalized spacial score (nSPS) is 10.2. The highest BCUT2D eigenvalue weighted by Crippen LogP contribution is 2.40. The lowest BCUT2D eigenvalue weighted by Crippen LogP contribution is -2.27. The van der Waals surface area contributed by atoms with Crippen molar-refractivity contribution in [3.05, 3.63) is 48.0 Å². The van der Waals surface area contributed by atoms with Gasteiger partial charge in [-0.25, -0.2) is 0 Å². The lowest BCUT2D eigenvalue weighted by atomic mass is 10.1. The van der Waals surface area contributed by atoms with E-state index in [2.05, 4.69) is 17.4 Å². The molecule has 2 aromatic carbocycles. The van der Waals surface area contributed by atoms with Crippen molar-refractivity contribution in [3.63, 3.8) is 0 Å². The summed E-state index contributed by atoms with van der Waals surface area (Å²) in [6.07, 6.45) is 0.821. The summed E-state index contributed by atoms with van der Waals surface area (Å²) in [5, 5.41) is 2.93. The van der Waals surface area contributed by atoms with Crippen LogP contribution in [0.5, 0.6) is 17.2 Å². The van der Waals surface area contributed by atoms with Crippen LogP contribution >= 0.6 is 11.8 Å². The Kier molecular flexibility index (Phi) is 7.47. The lowest BCUT2D eigenvalue weighted by molar-refractivity contribution is -0.118. The van der Waals surface area contributed by atoms with E-state index in [-0.39, 0.29) is 5.91 Å². The Morgan fingerprint density at radius 3 is 2.20 bits per heavy atom. The summed E-state index contributed by atoms with van der Waals surface area (Å²) in [7, 11) is 4.71. The van der Waals surface area contributed by atoms with Gasteiger partial charge in [-0.15, -0.1) is 11.8 Å². The Balaban J connectivity index is 1.86. The van der Waals surface area contributed by atoms with E-state index >= 15 is 0 Å². The summed E-state index contributed by atoms with van der Waals surface area (Å²) < 4.78 is 15.9. The number of carbonyl (C=O) groups is 1. The molecule has 1 N–H and O–H groups in total. The largest absolute Gasteiger partial charge is 0.493 e. The SMILES string of the molecule is COc1cc(SCC(=O)NCCc2ccccc2)cc(OC)c1OC. The molecule has 0 spiro atoms. The molecule has 0 heterocycles. The highest BCUT2D eigenvalue weighted by Gasteiger charge is 2.14. The van der Waals surface area contributed by atoms with Crippen molar-refractivity contribution >= 4 is 17.7 Å². The number of ether oxygens (including phenoxy) is 3. The first-order valence-electron chi connectivity index (χ1n) is 7.91. The maximum Gasteiger partial charge on any atom is 0.230 e. The zero-order chi connectivity index (χ0) is 18.1. The van der Waals surface area contributed by atoms with Gasteiger partial charge >= 0.3 is 0 Å². The Morgan fingerprint density at radius 1 is 1.00 bits per heavy atom. The summed E-state index contributed by atoms with van der Waals surface area (Å²) in [5.74, 6) is 2.02. The summed E-state index contributed by atoms with van der Waals surface area (Å²) in [5.41, 5.74) is 1.21. The van der Waals surface area contributed by atoms with E-state index in [1.54, 1.807) is 21.3 Å². The first kappa shape index (κ1) is 19.0. The Hall–Kier alpha value is -2.34. The summed E-state index contributed by atoms with van der Waals surface area (Å²) >= 11 is 1.43. The first-order chi connectivity index (χ1) is 12.2. The molecule has 5 nitrogen and oxygen atoms in total. The van der Waals surface area contributed by atoms with Crippen molar-refractivity contribution in [3.8, 4) is 17.2 Å². The molecule has 0 radical (unpaired) electrons. The van der Waals surface area contributed by atoms with Crippen LogP contribution in [0.4, 0.5) is 0 Å². The van der Waals surface area contributed by atoms with E-state index < -0.39 is 0 Å². The molecular weight excluding hydrogens is 338 g/mol. The minimum Gasteiger partial charge on any atom is -0.493 e. The number of hydrogen-bond donors (Lipinski definition) is 1. The van der Waals surface area contributed by atoms with Gasteiger partial charge in [0, 0.05) is 11.4 Å². The zero-order valence-corrected chi connectivity index (χ0v) is 15.5. The van der Waals surface area contributed by atoms with Crippen molar-refractivity contribution in [1.29, 1.82) is 0 Å². The van der Waals surface area contributed by atoms with Crippen LogP contribution in [0.1, 0.15) is 5.56 Å². The third-order valence-electron chi connectivity index (χ3n) is 3.59. The van der Waals surface area contributed by atoms with Crippen molar-refractivity contribution in [2.75, 3.05) is 33.6 Å². The van der Waals surface area contributed by atoms with Crippen LogP contribution in [0, 0.1) is 0 Å². The molecule has 0 saturated carbocycles. The number of rotatable bonds is 9. The smallest absolute Gasteiger partial charge is 0.230 e. The number of benzene rings is 2. The maximum absolute atomic E-state index is 12.0. The molecule has 0 aliphatic carbocycles. The Morgan fingerprint density at radius 2 is 1.64 bits per heavy atom. The van der Waals surface area contributed by atoms with Gasteiger partial charge in [-0.3, -0.25) is 4.79 Å². The van der Waals surface area contributed by atoms with Crippen LogP contribution < -0.4 is 19.5 Å². The predicted molar refractivity (Wildman–Crippen MR) is 100.0 cm³/mol. The van der Waals surface area contributed by atoms with Crippen molar-refractivity contribution < 1.29 is 19.0 Å². The van der Waals surface area contributed by atoms with Gasteiger partial charge in [-0.2, -0.15) is 0 Å². The highest BCUT2D eigenvalue weighted by atomic mass is 32.2. The number of hydrogen-bond acceptors (Lipinski definition) is 5. The van der Waals surface area contributed by atoms with E-state index in [4.69, 9.17) is 14.2 Å². The third-order valence-corrected chi connectivity index (χ3v) is 4.56. The zero-order valence-electron chi connectivity index (χ0n) is 14.7. The fourth-order valence-electron chi connectivity index (χ4n) is 2.33. The monoisotopic (exact) mass is 361 g/mol. The molecule has 1 amide bonds. The number of nitrogens with one attached hydrogen (secondary N) is 1. The molecular formula is C19H23NO4S. The van der Waals surface area contributed by atoms with Gasteiger partial charge in [0.15, 0.2) is 11.5 Å². The van der Waals surface area contributed by atoms with Gasteiger partial charge in [0.1, 0.15) is 0 Å². The van der Waals surface area contributed by atoms with Gasteiger partial charge in [-0.05, 0) is 24.1 Å². The fraction of sp³-hybridized carbons (Fsp3) is 0.316. The maximum atomic E-state index is 12.0. The second-order valence-electron chi connectivity index (χ2n) is 5.24. The second kappa shape index (κ2) is 9.84. The lowest BCUT2D eigenvalue weighted by Gasteiger charge is -2.13. The quantitative estimate of drug-likeness (QED) is 0.695. The van der Waals surface area contributed by atoms with Gasteiger partial charge in [-0.1, -0.05) is 30.3 Å². The first-order valence-corrected chi connectivity index (χ1v) is 8.90. The van der Waals surface area contributed by atoms with E-state index in [0.717, 1.165) is 11.3 Å². The average Bonchev–Trinajstić information content (AvgIpc) is 2.66. The topological polar surface area (TPSA) is 56.8 Å². The van der Waals surface area contributed by atoms with Crippen molar-refractivity contribution in [2.45, 2.75) is 11.3 Å². The van der Waals surface area contributed by atoms with E-state index in [9.17, 15) is 4.79 Å². The number of thioether (sulfide) groups is 1. The number of carbonyl (C=O) groups excluding carboxylic acids is 1. The number of methoxy groups -OCH3 is 3. The minimum absolute atomic E-state index is 0.00492. The average molecular weight is 361 g/mol. The van der Waals surface area contributed by atoms with Crippen LogP contribution in [-0.2, 0) is 11.2 Å². The molecule has 25 heavy (non-hydrogen) atoms. The Labute approximate surface area is 152 Å². The summed E-state index contributed by atoms with van der Waals surface area (Å²) in [6, 6.07) is 13.8. The molecule has 2 aromatic rings.